The Bertz CT molecular complexity index is 3920. The van der Waals surface area contributed by atoms with Crippen molar-refractivity contribution in [2.75, 3.05) is 26.6 Å². The molecule has 0 bridgehead atoms. The van der Waals surface area contributed by atoms with Gasteiger partial charge in [-0.2, -0.15) is 26.6 Å². The number of amides is 4. The molecule has 8 rings (SSSR count). The molecule has 4 amide bonds. The summed E-state index contributed by atoms with van der Waals surface area (Å²) in [5.41, 5.74) is 5.55. The van der Waals surface area contributed by atoms with Gasteiger partial charge in [0, 0.05) is 45.0 Å². The molecule has 6 aromatic rings. The van der Waals surface area contributed by atoms with Gasteiger partial charge in [0.05, 0.1) is 23.4 Å². The first-order valence-electron chi connectivity index (χ1n) is 21.9. The molecule has 0 spiro atoms. The van der Waals surface area contributed by atoms with Crippen LogP contribution in [0.5, 0.6) is 11.5 Å². The number of aryl methyl sites for hydroxylation is 4. The third kappa shape index (κ3) is 14.4. The van der Waals surface area contributed by atoms with E-state index in [0.29, 0.717) is 45.0 Å². The first-order valence-corrected chi connectivity index (χ1v) is 24.7. The standard InChI is InChI=1S/C52H44N6O13S2.4Na/c1-25-19-27(3)48(57-51(63)54-31-11-15-34(59)16-12-31)29(5)46(25)53-33-13-17-35-41(22-33)71-42-24-39(44(73(68,69)70)23-38(42)45(35)36-9-7-8-10-43(36)72(65,66)67)56-47-26(2)20-28(4)49(30(47)6)58-52(64)55-32-14-18-40(60)37(21-32)50(61)62;;;;/h7-12,14-15,17-24,53,59-60H,1-6H3,(H,61,62)(H2,54,57,63)(H2,55,58,64)(H,65,66,67)(H,68,69,70);;;;/q-2;4*+1/p-1. The molecule has 0 saturated heterocycles. The van der Waals surface area contributed by atoms with E-state index in [-0.39, 0.29) is 180 Å². The first-order chi connectivity index (χ1) is 34.4. The van der Waals surface area contributed by atoms with E-state index in [1.807, 2.05) is 19.9 Å². The number of phenols is 2. The van der Waals surface area contributed by atoms with Crippen LogP contribution in [-0.4, -0.2) is 54.2 Å². The first kappa shape index (κ1) is 64.8. The topological polar surface area (TPSA) is 314 Å². The van der Waals surface area contributed by atoms with E-state index in [4.69, 9.17) is 4.42 Å². The fraction of sp³-hybridized carbons (Fsp3) is 0.115. The minimum atomic E-state index is -5.35. The number of fused-ring (bicyclic) bond motifs is 2. The molecule has 77 heavy (non-hydrogen) atoms. The summed E-state index contributed by atoms with van der Waals surface area (Å²) in [6.45, 7) is 10.5. The molecular weight excluding hydrogens is 1070 g/mol. The van der Waals surface area contributed by atoms with Crippen LogP contribution in [0, 0.1) is 53.7 Å². The van der Waals surface area contributed by atoms with Crippen molar-refractivity contribution < 1.29 is 183 Å². The molecule has 0 unspecified atom stereocenters. The Morgan fingerprint density at radius 2 is 1.23 bits per heavy atom. The van der Waals surface area contributed by atoms with Gasteiger partial charge in [-0.05, 0) is 106 Å². The number of phenolic OH excluding ortho intramolecular Hbond substituents is 1. The number of benzene rings is 7. The van der Waals surface area contributed by atoms with Crippen molar-refractivity contribution in [2.24, 2.45) is 0 Å². The van der Waals surface area contributed by atoms with E-state index >= 15 is 0 Å². The predicted molar refractivity (Wildman–Crippen MR) is 268 cm³/mol. The average molecular weight is 1120 g/mol. The summed E-state index contributed by atoms with van der Waals surface area (Å²) in [6, 6.07) is 26.4. The molecule has 25 heteroatoms. The van der Waals surface area contributed by atoms with Gasteiger partial charge >= 0.3 is 130 Å². The molecule has 9 N–H and O–H groups in total. The summed E-state index contributed by atoms with van der Waals surface area (Å²) in [4.78, 5) is 39.6. The number of aromatic hydroxyl groups is 2. The number of carboxylic acid groups (broad SMARTS) is 1. The van der Waals surface area contributed by atoms with Crippen molar-refractivity contribution in [1.29, 1.82) is 0 Å². The third-order valence-corrected chi connectivity index (χ3v) is 13.7. The van der Waals surface area contributed by atoms with E-state index in [9.17, 15) is 55.6 Å². The number of hydrogen-bond acceptors (Lipinski definition) is 13. The number of carbonyl (C=O) groups is 3. The van der Waals surface area contributed by atoms with Crippen LogP contribution in [0.2, 0.25) is 0 Å². The third-order valence-electron chi connectivity index (χ3n) is 11.9. The van der Waals surface area contributed by atoms with Gasteiger partial charge in [-0.25, -0.2) is 23.0 Å². The number of hydrogen-bond donors (Lipinski definition) is 9. The zero-order valence-corrected chi connectivity index (χ0v) is 53.1. The summed E-state index contributed by atoms with van der Waals surface area (Å²) < 4.78 is 82.5. The number of aromatic carboxylic acids is 1. The number of rotatable bonds is 11. The summed E-state index contributed by atoms with van der Waals surface area (Å²) in [5.74, 6) is -2.37. The van der Waals surface area contributed by atoms with Gasteiger partial charge in [-0.1, -0.05) is 46.6 Å². The average Bonchev–Trinajstić information content (AvgIpc) is 3.31. The van der Waals surface area contributed by atoms with Crippen LogP contribution in [0.15, 0.2) is 111 Å². The summed E-state index contributed by atoms with van der Waals surface area (Å²) in [7, 11) is -10.3. The van der Waals surface area contributed by atoms with Gasteiger partial charge in [0.15, 0.2) is 0 Å². The van der Waals surface area contributed by atoms with Crippen LogP contribution in [-0.2, 0) is 20.2 Å². The number of urea groups is 2. The minimum Gasteiger partial charge on any atom is -0.744 e. The summed E-state index contributed by atoms with van der Waals surface area (Å²) in [6.07, 6.45) is 0. The van der Waals surface area contributed by atoms with Gasteiger partial charge < -0.3 is 55.7 Å². The summed E-state index contributed by atoms with van der Waals surface area (Å²) in [5, 5.41) is 45.0. The molecule has 0 fully saturated rings. The number of carbonyl (C=O) groups excluding carboxylic acids is 3. The Labute approximate surface area is 531 Å². The fourth-order valence-electron chi connectivity index (χ4n) is 8.65. The molecule has 0 radical (unpaired) electrons. The molecular formula is C52H43N6Na4O13S2+. The van der Waals surface area contributed by atoms with Crippen molar-refractivity contribution in [3.63, 3.8) is 0 Å². The van der Waals surface area contributed by atoms with Crippen LogP contribution in [0.3, 0.4) is 0 Å². The van der Waals surface area contributed by atoms with Crippen LogP contribution in [0.4, 0.5) is 49.4 Å². The normalized spacial score (nSPS) is 11.3. The molecule has 19 nitrogen and oxygen atoms in total. The SMILES string of the molecule is Cc1cc(C)c(Nc2[c-]cc3c(-c4ccccc4S(=O)(=O)O)c4cc(S(=O)(=O)[O-])c(=[NH+]c5c(C)cc(C)c(NC(=O)Nc6ccc(O)c(C(=O)[O-])c6)c5C)cc-4oc3c2)c(C)c1NC(=O)Nc1c[c-]c(O)cc1.[Na+].[Na+].[Na+].[Na+]. The molecule has 374 valence electrons. The minimum absolute atomic E-state index is 0. The quantitative estimate of drug-likeness (QED) is 0.0193. The van der Waals surface area contributed by atoms with Crippen LogP contribution >= 0.6 is 0 Å². The molecule has 1 aliphatic carbocycles. The Kier molecular flexibility index (Phi) is 21.9. The van der Waals surface area contributed by atoms with E-state index in [1.165, 1.54) is 54.6 Å². The molecule has 0 aromatic heterocycles. The van der Waals surface area contributed by atoms with E-state index in [1.54, 1.807) is 39.8 Å². The van der Waals surface area contributed by atoms with Crippen molar-refractivity contribution in [3.8, 4) is 33.9 Å². The smallest absolute Gasteiger partial charge is 0.744 e. The Balaban J connectivity index is 0.00000320. The molecule has 1 aliphatic heterocycles. The van der Waals surface area contributed by atoms with Gasteiger partial charge in [0.2, 0.25) is 11.0 Å². The second-order valence-corrected chi connectivity index (χ2v) is 19.8. The van der Waals surface area contributed by atoms with Crippen LogP contribution in [0.1, 0.15) is 43.7 Å². The maximum atomic E-state index is 13.3. The van der Waals surface area contributed by atoms with Gasteiger partial charge in [0.1, 0.15) is 31.4 Å². The van der Waals surface area contributed by atoms with Crippen molar-refractivity contribution in [2.45, 2.75) is 51.3 Å². The van der Waals surface area contributed by atoms with Crippen molar-refractivity contribution in [1.82, 2.24) is 0 Å². The van der Waals surface area contributed by atoms with Crippen molar-refractivity contribution >= 4 is 89.0 Å². The predicted octanol–water partition coefficient (Wildman–Crippen LogP) is -5.06. The van der Waals surface area contributed by atoms with Crippen LogP contribution < -0.4 is 160 Å². The molecule has 2 aliphatic rings. The maximum Gasteiger partial charge on any atom is 1.00 e. The second-order valence-electron chi connectivity index (χ2n) is 17.0. The zero-order chi connectivity index (χ0) is 52.8. The monoisotopic (exact) mass is 1120 g/mol. The number of carboxylic acids is 1. The van der Waals surface area contributed by atoms with E-state index in [2.05, 4.69) is 43.7 Å². The molecule has 0 saturated carbocycles. The van der Waals surface area contributed by atoms with E-state index in [0.717, 1.165) is 35.4 Å². The van der Waals surface area contributed by atoms with Crippen molar-refractivity contribution in [3.05, 3.63) is 153 Å². The van der Waals surface area contributed by atoms with Crippen LogP contribution in [0.25, 0.3) is 33.4 Å². The fourth-order valence-corrected chi connectivity index (χ4v) is 9.99. The second kappa shape index (κ2) is 26.0. The maximum absolute atomic E-state index is 13.3. The Morgan fingerprint density at radius 1 is 0.636 bits per heavy atom. The molecule has 1 heterocycles. The number of anilines is 6. The van der Waals surface area contributed by atoms with Gasteiger partial charge in [-0.3, -0.25) is 4.55 Å². The largest absolute Gasteiger partial charge is 1.00 e. The zero-order valence-electron chi connectivity index (χ0n) is 43.5. The Hall–Kier alpha value is -4.76. The van der Waals surface area contributed by atoms with Gasteiger partial charge in [-0.15, -0.1) is 24.3 Å². The Morgan fingerprint density at radius 3 is 1.84 bits per heavy atom. The summed E-state index contributed by atoms with van der Waals surface area (Å²) >= 11 is 0. The van der Waals surface area contributed by atoms with Gasteiger partial charge in [0.25, 0.3) is 10.1 Å². The van der Waals surface area contributed by atoms with E-state index < -0.39 is 59.4 Å². The molecule has 0 atom stereocenters. The number of nitrogens with one attached hydrogen (secondary N) is 6. The molecule has 6 aromatic carbocycles.